The molecular formula is C13H26O5. The van der Waals surface area contributed by atoms with E-state index in [9.17, 15) is 4.79 Å². The van der Waals surface area contributed by atoms with Gasteiger partial charge in [-0.05, 0) is 40.5 Å². The maximum absolute atomic E-state index is 10.6. The highest BCUT2D eigenvalue weighted by atomic mass is 17.2. The van der Waals surface area contributed by atoms with Crippen molar-refractivity contribution in [3.63, 3.8) is 0 Å². The summed E-state index contributed by atoms with van der Waals surface area (Å²) in [6.45, 7) is 9.44. The van der Waals surface area contributed by atoms with Gasteiger partial charge in [0.25, 0.3) is 0 Å². The standard InChI is InChI=1S/C13H26O5/c1-6-7-8-9-11(16-12(14)15)10(2)17-18-13(3,4)5/h10-11H,6-9H2,1-5H3,(H,14,15). The minimum atomic E-state index is -1.28. The molecule has 0 spiro atoms. The molecule has 0 saturated carbocycles. The van der Waals surface area contributed by atoms with Crippen molar-refractivity contribution in [1.82, 2.24) is 0 Å². The monoisotopic (exact) mass is 262 g/mol. The van der Waals surface area contributed by atoms with E-state index in [-0.39, 0.29) is 0 Å². The Morgan fingerprint density at radius 3 is 2.33 bits per heavy atom. The first kappa shape index (κ1) is 17.2. The third-order valence-electron chi connectivity index (χ3n) is 2.32. The summed E-state index contributed by atoms with van der Waals surface area (Å²) in [6, 6.07) is 0. The first-order valence-corrected chi connectivity index (χ1v) is 6.50. The Bertz CT molecular complexity index is 234. The van der Waals surface area contributed by atoms with Crippen LogP contribution in [-0.4, -0.2) is 29.1 Å². The van der Waals surface area contributed by atoms with Crippen molar-refractivity contribution < 1.29 is 24.4 Å². The molecule has 0 rings (SSSR count). The molecule has 0 aliphatic rings. The normalized spacial score (nSPS) is 15.2. The van der Waals surface area contributed by atoms with Gasteiger partial charge in [-0.2, -0.15) is 0 Å². The highest BCUT2D eigenvalue weighted by molar-refractivity contribution is 5.57. The second-order valence-corrected chi connectivity index (χ2v) is 5.42. The first-order chi connectivity index (χ1) is 8.26. The van der Waals surface area contributed by atoms with Crippen molar-refractivity contribution in [2.24, 2.45) is 0 Å². The van der Waals surface area contributed by atoms with E-state index in [4.69, 9.17) is 19.6 Å². The summed E-state index contributed by atoms with van der Waals surface area (Å²) < 4.78 is 4.84. The average Bonchev–Trinajstić information content (AvgIpc) is 2.23. The Morgan fingerprint density at radius 1 is 1.28 bits per heavy atom. The highest BCUT2D eigenvalue weighted by Gasteiger charge is 2.24. The molecule has 0 amide bonds. The molecule has 18 heavy (non-hydrogen) atoms. The van der Waals surface area contributed by atoms with Crippen molar-refractivity contribution in [3.05, 3.63) is 0 Å². The fourth-order valence-electron chi connectivity index (χ4n) is 1.40. The molecule has 0 aliphatic heterocycles. The van der Waals surface area contributed by atoms with Gasteiger partial charge in [0, 0.05) is 0 Å². The molecule has 5 heteroatoms. The summed E-state index contributed by atoms with van der Waals surface area (Å²) in [5, 5.41) is 8.70. The molecule has 2 atom stereocenters. The fraction of sp³-hybridized carbons (Fsp3) is 0.923. The molecule has 0 aromatic carbocycles. The van der Waals surface area contributed by atoms with Crippen LogP contribution in [0.25, 0.3) is 0 Å². The predicted molar refractivity (Wildman–Crippen MR) is 68.4 cm³/mol. The zero-order chi connectivity index (χ0) is 14.2. The second-order valence-electron chi connectivity index (χ2n) is 5.42. The van der Waals surface area contributed by atoms with Gasteiger partial charge in [-0.1, -0.05) is 19.8 Å². The smallest absolute Gasteiger partial charge is 0.450 e. The Balaban J connectivity index is 4.21. The van der Waals surface area contributed by atoms with Crippen LogP contribution in [0.5, 0.6) is 0 Å². The molecule has 0 radical (unpaired) electrons. The molecule has 0 bridgehead atoms. The number of ether oxygens (including phenoxy) is 1. The van der Waals surface area contributed by atoms with E-state index in [2.05, 4.69) is 6.92 Å². The van der Waals surface area contributed by atoms with E-state index in [1.54, 1.807) is 6.92 Å². The van der Waals surface area contributed by atoms with Gasteiger partial charge in [-0.15, -0.1) is 0 Å². The van der Waals surface area contributed by atoms with E-state index in [0.29, 0.717) is 6.42 Å². The number of hydrogen-bond donors (Lipinski definition) is 1. The first-order valence-electron chi connectivity index (χ1n) is 6.50. The summed E-state index contributed by atoms with van der Waals surface area (Å²) in [5.41, 5.74) is -0.425. The molecule has 0 fully saturated rings. The van der Waals surface area contributed by atoms with Crippen LogP contribution in [0.1, 0.15) is 60.3 Å². The number of carbonyl (C=O) groups is 1. The zero-order valence-electron chi connectivity index (χ0n) is 12.1. The Labute approximate surface area is 109 Å². The SMILES string of the molecule is CCCCCC(OC(=O)O)C(C)OOC(C)(C)C. The van der Waals surface area contributed by atoms with E-state index >= 15 is 0 Å². The number of hydrogen-bond acceptors (Lipinski definition) is 4. The molecule has 0 saturated heterocycles. The lowest BCUT2D eigenvalue weighted by molar-refractivity contribution is -0.380. The van der Waals surface area contributed by atoms with Gasteiger partial charge < -0.3 is 9.84 Å². The summed E-state index contributed by atoms with van der Waals surface area (Å²) in [7, 11) is 0. The van der Waals surface area contributed by atoms with Crippen LogP contribution in [0.3, 0.4) is 0 Å². The van der Waals surface area contributed by atoms with Gasteiger partial charge in [-0.3, -0.25) is 0 Å². The van der Waals surface area contributed by atoms with Gasteiger partial charge in [0.05, 0.1) is 5.60 Å². The lowest BCUT2D eigenvalue weighted by Gasteiger charge is -2.26. The number of carboxylic acid groups (broad SMARTS) is 1. The molecule has 0 aromatic heterocycles. The molecule has 0 aliphatic carbocycles. The van der Waals surface area contributed by atoms with E-state index < -0.39 is 24.0 Å². The molecule has 2 unspecified atom stereocenters. The van der Waals surface area contributed by atoms with Gasteiger partial charge in [0.2, 0.25) is 0 Å². The molecule has 0 aromatic rings. The lowest BCUT2D eigenvalue weighted by Crippen LogP contribution is -2.33. The van der Waals surface area contributed by atoms with Crippen molar-refractivity contribution in [3.8, 4) is 0 Å². The lowest BCUT2D eigenvalue weighted by atomic mass is 10.1. The molecular weight excluding hydrogens is 236 g/mol. The van der Waals surface area contributed by atoms with Gasteiger partial charge >= 0.3 is 6.16 Å². The Hall–Kier alpha value is -0.810. The fourth-order valence-corrected chi connectivity index (χ4v) is 1.40. The molecule has 0 heterocycles. The van der Waals surface area contributed by atoms with Crippen LogP contribution >= 0.6 is 0 Å². The maximum atomic E-state index is 10.6. The van der Waals surface area contributed by atoms with E-state index in [1.807, 2.05) is 20.8 Å². The van der Waals surface area contributed by atoms with Crippen molar-refractivity contribution in [2.75, 3.05) is 0 Å². The van der Waals surface area contributed by atoms with Crippen LogP contribution in [0.15, 0.2) is 0 Å². The van der Waals surface area contributed by atoms with Crippen molar-refractivity contribution in [1.29, 1.82) is 0 Å². The quantitative estimate of drug-likeness (QED) is 0.312. The van der Waals surface area contributed by atoms with Gasteiger partial charge in [0.15, 0.2) is 0 Å². The third kappa shape index (κ3) is 9.24. The number of unbranched alkanes of at least 4 members (excludes halogenated alkanes) is 2. The summed E-state index contributed by atoms with van der Waals surface area (Å²) in [5.74, 6) is 0. The Kier molecular flexibility index (Phi) is 7.95. The predicted octanol–water partition coefficient (Wildman–Crippen LogP) is 3.77. The molecule has 1 N–H and O–H groups in total. The molecule has 5 nitrogen and oxygen atoms in total. The van der Waals surface area contributed by atoms with Crippen molar-refractivity contribution >= 4 is 6.16 Å². The minimum absolute atomic E-state index is 0.419. The van der Waals surface area contributed by atoms with E-state index in [1.165, 1.54) is 0 Å². The van der Waals surface area contributed by atoms with Crippen LogP contribution < -0.4 is 0 Å². The van der Waals surface area contributed by atoms with Crippen LogP contribution in [0.4, 0.5) is 4.79 Å². The Morgan fingerprint density at radius 2 is 1.89 bits per heavy atom. The van der Waals surface area contributed by atoms with Crippen molar-refractivity contribution in [2.45, 2.75) is 78.1 Å². The largest absolute Gasteiger partial charge is 0.506 e. The third-order valence-corrected chi connectivity index (χ3v) is 2.32. The van der Waals surface area contributed by atoms with Crippen LogP contribution in [-0.2, 0) is 14.5 Å². The highest BCUT2D eigenvalue weighted by Crippen LogP contribution is 2.16. The van der Waals surface area contributed by atoms with Crippen LogP contribution in [0.2, 0.25) is 0 Å². The molecule has 108 valence electrons. The van der Waals surface area contributed by atoms with Crippen LogP contribution in [0, 0.1) is 0 Å². The van der Waals surface area contributed by atoms with Gasteiger partial charge in [-0.25, -0.2) is 14.6 Å². The van der Waals surface area contributed by atoms with E-state index in [0.717, 1.165) is 19.3 Å². The topological polar surface area (TPSA) is 65.0 Å². The van der Waals surface area contributed by atoms with Gasteiger partial charge in [0.1, 0.15) is 12.2 Å². The summed E-state index contributed by atoms with van der Waals surface area (Å²) >= 11 is 0. The average molecular weight is 262 g/mol. The zero-order valence-corrected chi connectivity index (χ0v) is 12.1. The summed E-state index contributed by atoms with van der Waals surface area (Å²) in [4.78, 5) is 21.0. The summed E-state index contributed by atoms with van der Waals surface area (Å²) in [6.07, 6.45) is 1.50. The second kappa shape index (κ2) is 8.32. The minimum Gasteiger partial charge on any atom is -0.450 e. The maximum Gasteiger partial charge on any atom is 0.506 e. The number of rotatable bonds is 8.